The fourth-order valence-electron chi connectivity index (χ4n) is 2.70. The average Bonchev–Trinajstić information content (AvgIpc) is 2.81. The molecule has 0 saturated carbocycles. The van der Waals surface area contributed by atoms with Crippen LogP contribution in [0.15, 0.2) is 73.1 Å². The van der Waals surface area contributed by atoms with Crippen LogP contribution in [-0.4, -0.2) is 31.0 Å². The average molecular weight is 403 g/mol. The third-order valence-corrected chi connectivity index (χ3v) is 4.33. The first kappa shape index (κ1) is 20.8. The number of allylic oxidation sites excluding steroid dienone is 1. The van der Waals surface area contributed by atoms with Gasteiger partial charge in [0.15, 0.2) is 17.3 Å². The molecule has 1 heterocycles. The molecule has 0 N–H and O–H groups in total. The summed E-state index contributed by atoms with van der Waals surface area (Å²) in [6, 6.07) is 15.8. The van der Waals surface area contributed by atoms with E-state index in [1.54, 1.807) is 67.9 Å². The van der Waals surface area contributed by atoms with E-state index >= 15 is 0 Å². The highest BCUT2D eigenvalue weighted by molar-refractivity contribution is 6.06. The van der Waals surface area contributed by atoms with Crippen LogP contribution in [-0.2, 0) is 11.3 Å². The van der Waals surface area contributed by atoms with Crippen molar-refractivity contribution in [1.29, 1.82) is 0 Å². The van der Waals surface area contributed by atoms with Gasteiger partial charge in [-0.15, -0.1) is 0 Å². The van der Waals surface area contributed by atoms with Crippen molar-refractivity contribution >= 4 is 17.8 Å². The Morgan fingerprint density at radius 3 is 2.43 bits per heavy atom. The quantitative estimate of drug-likeness (QED) is 0.316. The van der Waals surface area contributed by atoms with Gasteiger partial charge < -0.3 is 14.2 Å². The normalized spacial score (nSPS) is 10.6. The minimum Gasteiger partial charge on any atom is -0.493 e. The third-order valence-electron chi connectivity index (χ3n) is 4.33. The molecule has 0 aliphatic rings. The van der Waals surface area contributed by atoms with E-state index in [9.17, 15) is 9.59 Å². The Labute approximate surface area is 174 Å². The fourth-order valence-corrected chi connectivity index (χ4v) is 2.70. The van der Waals surface area contributed by atoms with Gasteiger partial charge in [-0.3, -0.25) is 9.78 Å². The van der Waals surface area contributed by atoms with Crippen LogP contribution in [0.2, 0.25) is 0 Å². The molecule has 0 fully saturated rings. The van der Waals surface area contributed by atoms with E-state index in [1.165, 1.54) is 19.4 Å². The number of pyridine rings is 1. The van der Waals surface area contributed by atoms with Gasteiger partial charge in [-0.1, -0.05) is 24.3 Å². The molecule has 30 heavy (non-hydrogen) atoms. The molecule has 6 heteroatoms. The van der Waals surface area contributed by atoms with Gasteiger partial charge in [-0.2, -0.15) is 0 Å². The number of carbonyl (C=O) groups excluding carboxylic acids is 2. The van der Waals surface area contributed by atoms with Crippen molar-refractivity contribution in [2.45, 2.75) is 6.61 Å². The molecule has 0 bridgehead atoms. The van der Waals surface area contributed by atoms with Gasteiger partial charge in [0.1, 0.15) is 6.61 Å². The molecule has 0 spiro atoms. The Morgan fingerprint density at radius 2 is 1.77 bits per heavy atom. The summed E-state index contributed by atoms with van der Waals surface area (Å²) in [6.07, 6.45) is 6.36. The lowest BCUT2D eigenvalue weighted by Gasteiger charge is -2.11. The van der Waals surface area contributed by atoms with Crippen molar-refractivity contribution in [2.24, 2.45) is 0 Å². The van der Waals surface area contributed by atoms with E-state index in [1.807, 2.05) is 6.07 Å². The number of methoxy groups -OCH3 is 2. The number of rotatable bonds is 8. The summed E-state index contributed by atoms with van der Waals surface area (Å²) in [5, 5.41) is 0. The number of esters is 1. The van der Waals surface area contributed by atoms with E-state index in [2.05, 4.69) is 4.98 Å². The van der Waals surface area contributed by atoms with Gasteiger partial charge in [0.05, 0.1) is 19.8 Å². The summed E-state index contributed by atoms with van der Waals surface area (Å²) in [5.41, 5.74) is 2.71. The second-order valence-electron chi connectivity index (χ2n) is 6.33. The van der Waals surface area contributed by atoms with E-state index in [-0.39, 0.29) is 11.8 Å². The van der Waals surface area contributed by atoms with Gasteiger partial charge in [0.2, 0.25) is 0 Å². The minimum atomic E-state index is -0.380. The molecule has 0 aliphatic carbocycles. The Kier molecular flexibility index (Phi) is 6.95. The van der Waals surface area contributed by atoms with Crippen LogP contribution in [0.4, 0.5) is 0 Å². The first-order valence-corrected chi connectivity index (χ1v) is 9.21. The maximum Gasteiger partial charge on any atom is 0.337 e. The van der Waals surface area contributed by atoms with Crippen LogP contribution in [0.3, 0.4) is 0 Å². The number of ether oxygens (including phenoxy) is 3. The van der Waals surface area contributed by atoms with E-state index < -0.39 is 0 Å². The molecule has 0 radical (unpaired) electrons. The predicted octanol–water partition coefficient (Wildman–Crippen LogP) is 4.35. The number of hydrogen-bond donors (Lipinski definition) is 0. The van der Waals surface area contributed by atoms with Crippen LogP contribution in [0.25, 0.3) is 6.08 Å². The summed E-state index contributed by atoms with van der Waals surface area (Å²) in [5.74, 6) is 0.620. The minimum absolute atomic E-state index is 0.127. The zero-order chi connectivity index (χ0) is 21.3. The molecule has 2 aromatic carbocycles. The highest BCUT2D eigenvalue weighted by atomic mass is 16.5. The van der Waals surface area contributed by atoms with Crippen molar-refractivity contribution in [3.05, 3.63) is 95.3 Å². The Balaban J connectivity index is 1.66. The van der Waals surface area contributed by atoms with E-state index in [0.29, 0.717) is 29.2 Å². The molecule has 0 aliphatic heterocycles. The molecule has 1 aromatic heterocycles. The van der Waals surface area contributed by atoms with Crippen LogP contribution in [0.1, 0.15) is 31.8 Å². The van der Waals surface area contributed by atoms with Gasteiger partial charge in [-0.05, 0) is 53.6 Å². The smallest absolute Gasteiger partial charge is 0.337 e. The monoisotopic (exact) mass is 403 g/mol. The largest absolute Gasteiger partial charge is 0.493 e. The standard InChI is InChI=1S/C24H21NO5/c1-28-23-14-17(7-11-21(26)20-4-3-13-25-15-20)8-12-22(23)30-16-18-5-9-19(10-6-18)24(27)29-2/h3-15H,16H2,1-2H3/b11-7+. The Hall–Kier alpha value is -3.93. The number of benzene rings is 2. The van der Waals surface area contributed by atoms with Crippen LogP contribution < -0.4 is 9.47 Å². The Morgan fingerprint density at radius 1 is 0.967 bits per heavy atom. The first-order valence-electron chi connectivity index (χ1n) is 9.21. The maximum absolute atomic E-state index is 12.2. The second kappa shape index (κ2) is 10.0. The van der Waals surface area contributed by atoms with Gasteiger partial charge in [-0.25, -0.2) is 4.79 Å². The first-order chi connectivity index (χ1) is 14.6. The van der Waals surface area contributed by atoms with Crippen molar-refractivity contribution in [2.75, 3.05) is 14.2 Å². The lowest BCUT2D eigenvalue weighted by atomic mass is 10.1. The highest BCUT2D eigenvalue weighted by Crippen LogP contribution is 2.29. The van der Waals surface area contributed by atoms with E-state index in [4.69, 9.17) is 14.2 Å². The molecule has 3 rings (SSSR count). The summed E-state index contributed by atoms with van der Waals surface area (Å²) >= 11 is 0. The topological polar surface area (TPSA) is 74.7 Å². The van der Waals surface area contributed by atoms with Crippen molar-refractivity contribution in [1.82, 2.24) is 4.98 Å². The SMILES string of the molecule is COC(=O)c1ccc(COc2ccc(/C=C/C(=O)c3cccnc3)cc2OC)cc1. The van der Waals surface area contributed by atoms with Crippen molar-refractivity contribution in [3.8, 4) is 11.5 Å². The van der Waals surface area contributed by atoms with Gasteiger partial charge in [0.25, 0.3) is 0 Å². The zero-order valence-electron chi connectivity index (χ0n) is 16.7. The lowest BCUT2D eigenvalue weighted by molar-refractivity contribution is 0.0600. The van der Waals surface area contributed by atoms with E-state index in [0.717, 1.165) is 11.1 Å². The molecule has 0 saturated heterocycles. The number of aromatic nitrogens is 1. The summed E-state index contributed by atoms with van der Waals surface area (Å²) in [6.45, 7) is 0.312. The number of carbonyl (C=O) groups is 2. The Bertz CT molecular complexity index is 1040. The molecule has 152 valence electrons. The number of ketones is 1. The molecular formula is C24H21NO5. The van der Waals surface area contributed by atoms with Crippen LogP contribution >= 0.6 is 0 Å². The maximum atomic E-state index is 12.2. The molecule has 0 atom stereocenters. The molecule has 6 nitrogen and oxygen atoms in total. The number of hydrogen-bond acceptors (Lipinski definition) is 6. The highest BCUT2D eigenvalue weighted by Gasteiger charge is 2.08. The molecular weight excluding hydrogens is 382 g/mol. The van der Waals surface area contributed by atoms with Gasteiger partial charge in [0, 0.05) is 18.0 Å². The van der Waals surface area contributed by atoms with Crippen LogP contribution in [0.5, 0.6) is 11.5 Å². The van der Waals surface area contributed by atoms with Crippen molar-refractivity contribution < 1.29 is 23.8 Å². The summed E-state index contributed by atoms with van der Waals surface area (Å²) in [4.78, 5) is 27.6. The number of nitrogens with zero attached hydrogens (tertiary/aromatic N) is 1. The molecule has 0 amide bonds. The predicted molar refractivity (Wildman–Crippen MR) is 113 cm³/mol. The van der Waals surface area contributed by atoms with Crippen molar-refractivity contribution in [3.63, 3.8) is 0 Å². The van der Waals surface area contributed by atoms with Crippen LogP contribution in [0, 0.1) is 0 Å². The molecule has 3 aromatic rings. The third kappa shape index (κ3) is 5.32. The van der Waals surface area contributed by atoms with Gasteiger partial charge >= 0.3 is 5.97 Å². The summed E-state index contributed by atoms with van der Waals surface area (Å²) < 4.78 is 16.0. The zero-order valence-corrected chi connectivity index (χ0v) is 16.7. The fraction of sp³-hybridized carbons (Fsp3) is 0.125. The lowest BCUT2D eigenvalue weighted by Crippen LogP contribution is -2.02. The second-order valence-corrected chi connectivity index (χ2v) is 6.33. The summed E-state index contributed by atoms with van der Waals surface area (Å²) in [7, 11) is 2.90. The molecule has 0 unspecified atom stereocenters.